The van der Waals surface area contributed by atoms with Gasteiger partial charge in [-0.2, -0.15) is 13.2 Å². The first kappa shape index (κ1) is 17.0. The van der Waals surface area contributed by atoms with E-state index in [1.807, 2.05) is 0 Å². The summed E-state index contributed by atoms with van der Waals surface area (Å²) in [6.45, 7) is 1.74. The van der Waals surface area contributed by atoms with Gasteiger partial charge in [0, 0.05) is 14.1 Å². The zero-order chi connectivity index (χ0) is 18.5. The third kappa shape index (κ3) is 2.65. The van der Waals surface area contributed by atoms with Gasteiger partial charge in [0.1, 0.15) is 0 Å². The Bertz CT molecular complexity index is 1060. The zero-order valence-corrected chi connectivity index (χ0v) is 13.7. The van der Waals surface area contributed by atoms with Crippen molar-refractivity contribution in [3.63, 3.8) is 0 Å². The van der Waals surface area contributed by atoms with Gasteiger partial charge in [-0.1, -0.05) is 12.1 Å². The second-order valence-electron chi connectivity index (χ2n) is 5.83. The molecule has 0 radical (unpaired) electrons. The molecule has 1 atom stereocenters. The summed E-state index contributed by atoms with van der Waals surface area (Å²) in [5.74, 6) is 0. The smallest absolute Gasteiger partial charge is 0.317 e. The summed E-state index contributed by atoms with van der Waals surface area (Å²) in [6, 6.07) is 4.30. The molecule has 0 aliphatic carbocycles. The lowest BCUT2D eigenvalue weighted by Gasteiger charge is -2.16. The van der Waals surface area contributed by atoms with Gasteiger partial charge in [-0.05, 0) is 24.6 Å². The molecule has 0 aliphatic rings. The Balaban J connectivity index is 2.14. The molecule has 0 N–H and O–H groups in total. The van der Waals surface area contributed by atoms with Crippen LogP contribution in [-0.4, -0.2) is 18.7 Å². The number of halogens is 3. The van der Waals surface area contributed by atoms with Crippen molar-refractivity contribution in [1.82, 2.24) is 18.7 Å². The predicted molar refractivity (Wildman–Crippen MR) is 85.5 cm³/mol. The monoisotopic (exact) mass is 352 g/mol. The highest BCUT2D eigenvalue weighted by Gasteiger charge is 2.30. The highest BCUT2D eigenvalue weighted by Crippen LogP contribution is 2.30. The number of hydrogen-bond acceptors (Lipinski definition) is 3. The molecule has 2 aromatic heterocycles. The summed E-state index contributed by atoms with van der Waals surface area (Å²) in [4.78, 5) is 28.5. The topological polar surface area (TPSA) is 61.8 Å². The molecule has 0 saturated carbocycles. The van der Waals surface area contributed by atoms with E-state index in [4.69, 9.17) is 0 Å². The van der Waals surface area contributed by atoms with Crippen LogP contribution in [0.15, 0.2) is 40.2 Å². The minimum Gasteiger partial charge on any atom is -0.317 e. The number of fused-ring (bicyclic) bond motifs is 1. The molecule has 0 saturated heterocycles. The van der Waals surface area contributed by atoms with Gasteiger partial charge >= 0.3 is 11.9 Å². The van der Waals surface area contributed by atoms with Crippen molar-refractivity contribution < 1.29 is 13.2 Å². The molecular formula is C16H15F3N4O2. The molecule has 25 heavy (non-hydrogen) atoms. The Kier molecular flexibility index (Phi) is 3.81. The fourth-order valence-electron chi connectivity index (χ4n) is 2.77. The molecule has 6 nitrogen and oxygen atoms in total. The number of aromatic nitrogens is 4. The van der Waals surface area contributed by atoms with E-state index < -0.39 is 29.0 Å². The van der Waals surface area contributed by atoms with Crippen LogP contribution in [0, 0.1) is 0 Å². The van der Waals surface area contributed by atoms with Crippen LogP contribution in [0.1, 0.15) is 24.1 Å². The quantitative estimate of drug-likeness (QED) is 0.709. The lowest BCUT2D eigenvalue weighted by molar-refractivity contribution is -0.137. The maximum absolute atomic E-state index is 12.7. The van der Waals surface area contributed by atoms with Crippen molar-refractivity contribution in [2.75, 3.05) is 0 Å². The van der Waals surface area contributed by atoms with E-state index >= 15 is 0 Å². The van der Waals surface area contributed by atoms with Crippen LogP contribution in [0.3, 0.4) is 0 Å². The first-order chi connectivity index (χ1) is 11.6. The molecular weight excluding hydrogens is 337 g/mol. The summed E-state index contributed by atoms with van der Waals surface area (Å²) in [6.07, 6.45) is -2.99. The van der Waals surface area contributed by atoms with Gasteiger partial charge in [0.2, 0.25) is 0 Å². The van der Waals surface area contributed by atoms with E-state index in [1.165, 1.54) is 37.1 Å². The average molecular weight is 352 g/mol. The number of hydrogen-bond donors (Lipinski definition) is 0. The molecule has 0 spiro atoms. The Hall–Kier alpha value is -2.84. The molecule has 9 heteroatoms. The SMILES string of the molecule is CC(c1ccc(C(F)(F)F)cc1)n1cnc2c1c(=O)n(C)c(=O)n2C. The molecule has 3 rings (SSSR count). The van der Waals surface area contributed by atoms with Crippen LogP contribution < -0.4 is 11.2 Å². The summed E-state index contributed by atoms with van der Waals surface area (Å²) < 4.78 is 41.9. The number of aryl methyl sites for hydroxylation is 1. The van der Waals surface area contributed by atoms with Crippen molar-refractivity contribution >= 4 is 11.2 Å². The van der Waals surface area contributed by atoms with E-state index in [0.717, 1.165) is 16.7 Å². The lowest BCUT2D eigenvalue weighted by atomic mass is 10.1. The summed E-state index contributed by atoms with van der Waals surface area (Å²) >= 11 is 0. The molecule has 0 fully saturated rings. The van der Waals surface area contributed by atoms with Gasteiger partial charge in [0.05, 0.1) is 17.9 Å². The zero-order valence-electron chi connectivity index (χ0n) is 13.7. The Morgan fingerprint density at radius 1 is 1.04 bits per heavy atom. The fraction of sp³-hybridized carbons (Fsp3) is 0.312. The van der Waals surface area contributed by atoms with E-state index in [2.05, 4.69) is 4.98 Å². The highest BCUT2D eigenvalue weighted by atomic mass is 19.4. The third-order valence-electron chi connectivity index (χ3n) is 4.31. The van der Waals surface area contributed by atoms with Crippen LogP contribution in [0.25, 0.3) is 11.2 Å². The summed E-state index contributed by atoms with van der Waals surface area (Å²) in [5.41, 5.74) is -0.705. The van der Waals surface area contributed by atoms with Gasteiger partial charge in [-0.25, -0.2) is 9.78 Å². The summed E-state index contributed by atoms with van der Waals surface area (Å²) in [5, 5.41) is 0. The third-order valence-corrected chi connectivity index (χ3v) is 4.31. The van der Waals surface area contributed by atoms with Crippen LogP contribution in [0.2, 0.25) is 0 Å². The van der Waals surface area contributed by atoms with E-state index in [-0.39, 0.29) is 11.2 Å². The molecule has 1 aromatic carbocycles. The number of nitrogens with zero attached hydrogens (tertiary/aromatic N) is 4. The standard InChI is InChI=1S/C16H15F3N4O2/c1-9(10-4-6-11(7-5-10)16(17,18)19)23-8-20-13-12(23)14(24)22(3)15(25)21(13)2/h4-9H,1-3H3. The molecule has 132 valence electrons. The van der Waals surface area contributed by atoms with Crippen molar-refractivity contribution in [2.45, 2.75) is 19.1 Å². The van der Waals surface area contributed by atoms with E-state index in [0.29, 0.717) is 5.56 Å². The van der Waals surface area contributed by atoms with Crippen LogP contribution in [-0.2, 0) is 20.3 Å². The normalized spacial score (nSPS) is 13.4. The van der Waals surface area contributed by atoms with Crippen molar-refractivity contribution in [3.8, 4) is 0 Å². The maximum atomic E-state index is 12.7. The predicted octanol–water partition coefficient (Wildman–Crippen LogP) is 2.06. The van der Waals surface area contributed by atoms with Crippen LogP contribution >= 0.6 is 0 Å². The van der Waals surface area contributed by atoms with Gasteiger partial charge in [0.25, 0.3) is 5.56 Å². The molecule has 3 aromatic rings. The van der Waals surface area contributed by atoms with Gasteiger partial charge < -0.3 is 4.57 Å². The second-order valence-corrected chi connectivity index (χ2v) is 5.83. The summed E-state index contributed by atoms with van der Waals surface area (Å²) in [7, 11) is 2.87. The minimum atomic E-state index is -4.41. The average Bonchev–Trinajstić information content (AvgIpc) is 3.02. The number of imidazole rings is 1. The van der Waals surface area contributed by atoms with Crippen molar-refractivity contribution in [3.05, 3.63) is 62.6 Å². The second kappa shape index (κ2) is 5.61. The lowest BCUT2D eigenvalue weighted by Crippen LogP contribution is -2.37. The van der Waals surface area contributed by atoms with Crippen molar-refractivity contribution in [1.29, 1.82) is 0 Å². The molecule has 0 amide bonds. The number of rotatable bonds is 2. The molecule has 1 unspecified atom stereocenters. The molecule has 0 bridgehead atoms. The molecule has 0 aliphatic heterocycles. The number of alkyl halides is 3. The van der Waals surface area contributed by atoms with Gasteiger partial charge in [0.15, 0.2) is 11.2 Å². The fourth-order valence-corrected chi connectivity index (χ4v) is 2.77. The van der Waals surface area contributed by atoms with Gasteiger partial charge in [-0.3, -0.25) is 13.9 Å². The Morgan fingerprint density at radius 3 is 2.20 bits per heavy atom. The van der Waals surface area contributed by atoms with Crippen molar-refractivity contribution in [2.24, 2.45) is 14.1 Å². The largest absolute Gasteiger partial charge is 0.416 e. The van der Waals surface area contributed by atoms with Crippen LogP contribution in [0.4, 0.5) is 13.2 Å². The van der Waals surface area contributed by atoms with Gasteiger partial charge in [-0.15, -0.1) is 0 Å². The minimum absolute atomic E-state index is 0.219. The highest BCUT2D eigenvalue weighted by molar-refractivity contribution is 5.70. The maximum Gasteiger partial charge on any atom is 0.416 e. The Morgan fingerprint density at radius 2 is 1.64 bits per heavy atom. The first-order valence-electron chi connectivity index (χ1n) is 7.42. The Labute approximate surface area is 139 Å². The van der Waals surface area contributed by atoms with E-state index in [9.17, 15) is 22.8 Å². The number of benzene rings is 1. The van der Waals surface area contributed by atoms with Crippen LogP contribution in [0.5, 0.6) is 0 Å². The first-order valence-corrected chi connectivity index (χ1v) is 7.42. The van der Waals surface area contributed by atoms with E-state index in [1.54, 1.807) is 11.5 Å². The molecule has 2 heterocycles.